The van der Waals surface area contributed by atoms with Crippen LogP contribution in [0.1, 0.15) is 24.2 Å². The third-order valence-corrected chi connectivity index (χ3v) is 4.22. The van der Waals surface area contributed by atoms with Gasteiger partial charge in [0.05, 0.1) is 24.3 Å². The fourth-order valence-electron chi connectivity index (χ4n) is 1.72. The van der Waals surface area contributed by atoms with E-state index in [1.807, 2.05) is 13.8 Å². The number of amides is 1. The van der Waals surface area contributed by atoms with Crippen LogP contribution in [0.4, 0.5) is 0 Å². The molecule has 0 bridgehead atoms. The maximum Gasteiger partial charge on any atom is 0.257 e. The Labute approximate surface area is 131 Å². The maximum absolute atomic E-state index is 12.5. The summed E-state index contributed by atoms with van der Waals surface area (Å²) in [6.07, 6.45) is 0. The minimum absolute atomic E-state index is 0.0117. The topological polar surface area (TPSA) is 49.8 Å². The smallest absolute Gasteiger partial charge is 0.257 e. The van der Waals surface area contributed by atoms with E-state index in [0.29, 0.717) is 16.3 Å². The van der Waals surface area contributed by atoms with Crippen LogP contribution < -0.4 is 4.74 Å². The van der Waals surface area contributed by atoms with Gasteiger partial charge in [0.25, 0.3) is 5.91 Å². The molecule has 1 N–H and O–H groups in total. The van der Waals surface area contributed by atoms with E-state index in [-0.39, 0.29) is 25.1 Å². The first kappa shape index (κ1) is 16.5. The number of benzene rings is 1. The molecule has 0 aromatic heterocycles. The lowest BCUT2D eigenvalue weighted by atomic mass is 10.1. The minimum Gasteiger partial charge on any atom is -0.496 e. The average Bonchev–Trinajstić information content (AvgIpc) is 2.37. The van der Waals surface area contributed by atoms with Crippen molar-refractivity contribution in [2.24, 2.45) is 0 Å². The number of halogens is 2. The van der Waals surface area contributed by atoms with Gasteiger partial charge in [0, 0.05) is 16.2 Å². The van der Waals surface area contributed by atoms with Gasteiger partial charge in [-0.25, -0.2) is 0 Å². The first-order valence-electron chi connectivity index (χ1n) is 5.87. The third kappa shape index (κ3) is 3.97. The highest BCUT2D eigenvalue weighted by molar-refractivity contribution is 14.1. The van der Waals surface area contributed by atoms with Gasteiger partial charge < -0.3 is 14.7 Å². The summed E-state index contributed by atoms with van der Waals surface area (Å²) in [7, 11) is 1.52. The van der Waals surface area contributed by atoms with Crippen LogP contribution in [0.5, 0.6) is 5.75 Å². The standard InChI is InChI=1S/C13H17ClINO3/c1-8(2)16(4-5-17)13(18)9-6-10(14)11(15)7-12(9)19-3/h6-8,17H,4-5H2,1-3H3. The maximum atomic E-state index is 12.5. The van der Waals surface area contributed by atoms with Gasteiger partial charge in [0.15, 0.2) is 0 Å². The number of methoxy groups -OCH3 is 1. The van der Waals surface area contributed by atoms with E-state index in [4.69, 9.17) is 21.4 Å². The molecular formula is C13H17ClINO3. The fourth-order valence-corrected chi connectivity index (χ4v) is 2.32. The SMILES string of the molecule is COc1cc(I)c(Cl)cc1C(=O)N(CCO)C(C)C. The average molecular weight is 398 g/mol. The molecule has 0 aliphatic heterocycles. The van der Waals surface area contributed by atoms with Gasteiger partial charge in [-0.2, -0.15) is 0 Å². The van der Waals surface area contributed by atoms with Crippen LogP contribution in [0.2, 0.25) is 5.02 Å². The second kappa shape index (κ2) is 7.31. The number of hydrogen-bond donors (Lipinski definition) is 1. The lowest BCUT2D eigenvalue weighted by Crippen LogP contribution is -2.39. The third-order valence-electron chi connectivity index (χ3n) is 2.70. The predicted molar refractivity (Wildman–Crippen MR) is 84.0 cm³/mol. The number of nitrogens with zero attached hydrogens (tertiary/aromatic N) is 1. The Hall–Kier alpha value is -0.530. The summed E-state index contributed by atoms with van der Waals surface area (Å²) in [6.45, 7) is 4.00. The fraction of sp³-hybridized carbons (Fsp3) is 0.462. The van der Waals surface area contributed by atoms with Crippen molar-refractivity contribution in [1.82, 2.24) is 4.90 Å². The molecule has 0 aliphatic rings. The van der Waals surface area contributed by atoms with Crippen molar-refractivity contribution in [2.45, 2.75) is 19.9 Å². The van der Waals surface area contributed by atoms with Crippen LogP contribution in [0.3, 0.4) is 0 Å². The Morgan fingerprint density at radius 1 is 1.53 bits per heavy atom. The van der Waals surface area contributed by atoms with Gasteiger partial charge in [0.2, 0.25) is 0 Å². The summed E-state index contributed by atoms with van der Waals surface area (Å²) >= 11 is 8.15. The summed E-state index contributed by atoms with van der Waals surface area (Å²) in [6, 6.07) is 3.33. The van der Waals surface area contributed by atoms with Crippen LogP contribution >= 0.6 is 34.2 Å². The zero-order valence-electron chi connectivity index (χ0n) is 11.1. The highest BCUT2D eigenvalue weighted by Gasteiger charge is 2.22. The van der Waals surface area contributed by atoms with E-state index in [9.17, 15) is 4.79 Å². The van der Waals surface area contributed by atoms with Gasteiger partial charge in [-0.1, -0.05) is 11.6 Å². The first-order valence-corrected chi connectivity index (χ1v) is 7.32. The summed E-state index contributed by atoms with van der Waals surface area (Å²) in [5.74, 6) is 0.293. The Morgan fingerprint density at radius 3 is 2.63 bits per heavy atom. The summed E-state index contributed by atoms with van der Waals surface area (Å²) in [4.78, 5) is 14.1. The largest absolute Gasteiger partial charge is 0.496 e. The molecule has 0 spiro atoms. The van der Waals surface area contributed by atoms with E-state index in [1.165, 1.54) is 7.11 Å². The van der Waals surface area contributed by atoms with Crippen LogP contribution in [-0.2, 0) is 0 Å². The molecule has 1 aromatic rings. The molecule has 0 radical (unpaired) electrons. The second-order valence-electron chi connectivity index (χ2n) is 4.28. The Bertz CT molecular complexity index is 465. The second-order valence-corrected chi connectivity index (χ2v) is 5.85. The molecule has 19 heavy (non-hydrogen) atoms. The Kier molecular flexibility index (Phi) is 6.35. The van der Waals surface area contributed by atoms with E-state index in [0.717, 1.165) is 3.57 Å². The van der Waals surface area contributed by atoms with E-state index in [2.05, 4.69) is 22.6 Å². The predicted octanol–water partition coefficient (Wildman–Crippen LogP) is 2.80. The van der Waals surface area contributed by atoms with Crippen molar-refractivity contribution in [3.63, 3.8) is 0 Å². The Balaban J connectivity index is 3.20. The highest BCUT2D eigenvalue weighted by Crippen LogP contribution is 2.29. The van der Waals surface area contributed by atoms with Crippen LogP contribution in [0.15, 0.2) is 12.1 Å². The van der Waals surface area contributed by atoms with E-state index >= 15 is 0 Å². The van der Waals surface area contributed by atoms with Crippen molar-refractivity contribution < 1.29 is 14.6 Å². The van der Waals surface area contributed by atoms with Crippen molar-refractivity contribution in [3.8, 4) is 5.75 Å². The van der Waals surface area contributed by atoms with Gasteiger partial charge in [-0.3, -0.25) is 4.79 Å². The molecule has 106 valence electrons. The molecule has 6 heteroatoms. The highest BCUT2D eigenvalue weighted by atomic mass is 127. The molecule has 0 unspecified atom stereocenters. The van der Waals surface area contributed by atoms with Crippen LogP contribution in [-0.4, -0.2) is 42.2 Å². The number of rotatable bonds is 5. The lowest BCUT2D eigenvalue weighted by molar-refractivity contribution is 0.0662. The van der Waals surface area contributed by atoms with Crippen molar-refractivity contribution >= 4 is 40.1 Å². The van der Waals surface area contributed by atoms with Gasteiger partial charge in [-0.15, -0.1) is 0 Å². The zero-order valence-corrected chi connectivity index (χ0v) is 14.0. The van der Waals surface area contributed by atoms with E-state index in [1.54, 1.807) is 17.0 Å². The number of aliphatic hydroxyl groups is 1. The minimum atomic E-state index is -0.195. The summed E-state index contributed by atoms with van der Waals surface area (Å²) in [5.41, 5.74) is 0.412. The van der Waals surface area contributed by atoms with Crippen molar-refractivity contribution in [1.29, 1.82) is 0 Å². The quantitative estimate of drug-likeness (QED) is 0.777. The molecule has 0 heterocycles. The van der Waals surface area contributed by atoms with Gasteiger partial charge in [-0.05, 0) is 48.6 Å². The van der Waals surface area contributed by atoms with Gasteiger partial charge >= 0.3 is 0 Å². The molecule has 0 saturated carbocycles. The molecule has 4 nitrogen and oxygen atoms in total. The number of carbonyl (C=O) groups is 1. The first-order chi connectivity index (χ1) is 8.92. The number of hydrogen-bond acceptors (Lipinski definition) is 3. The summed E-state index contributed by atoms with van der Waals surface area (Å²) in [5, 5.41) is 9.57. The van der Waals surface area contributed by atoms with Crippen molar-refractivity contribution in [3.05, 3.63) is 26.3 Å². The van der Waals surface area contributed by atoms with Crippen molar-refractivity contribution in [2.75, 3.05) is 20.3 Å². The van der Waals surface area contributed by atoms with Gasteiger partial charge in [0.1, 0.15) is 5.75 Å². The summed E-state index contributed by atoms with van der Waals surface area (Å²) < 4.78 is 6.06. The molecule has 0 fully saturated rings. The Morgan fingerprint density at radius 2 is 2.16 bits per heavy atom. The van der Waals surface area contributed by atoms with E-state index < -0.39 is 0 Å². The lowest BCUT2D eigenvalue weighted by Gasteiger charge is -2.26. The number of aliphatic hydroxyl groups excluding tert-OH is 1. The molecule has 0 aliphatic carbocycles. The molecule has 1 amide bonds. The molecule has 0 atom stereocenters. The monoisotopic (exact) mass is 397 g/mol. The zero-order chi connectivity index (χ0) is 14.6. The molecule has 1 rings (SSSR count). The molecular weight excluding hydrogens is 381 g/mol. The molecule has 0 saturated heterocycles. The van der Waals surface area contributed by atoms with Crippen LogP contribution in [0.25, 0.3) is 0 Å². The number of ether oxygens (including phenoxy) is 1. The normalized spacial score (nSPS) is 10.7. The number of carbonyl (C=O) groups excluding carboxylic acids is 1. The van der Waals surface area contributed by atoms with Crippen LogP contribution in [0, 0.1) is 3.57 Å². The molecule has 1 aromatic carbocycles.